The summed E-state index contributed by atoms with van der Waals surface area (Å²) in [6.07, 6.45) is 3.47. The van der Waals surface area contributed by atoms with E-state index in [2.05, 4.69) is 10.0 Å². The molecule has 0 N–H and O–H groups in total. The van der Waals surface area contributed by atoms with Gasteiger partial charge in [-0.2, -0.15) is 5.10 Å². The standard InChI is InChI=1S/C20H25ClN4O2/c1-23(2)11-3-12-24-13-4-14-25(20(24)26)22-15-18-9-10-19(27-18)16-5-7-17(21)8-6-16/h5-10,15H,3-4,11-14H2,1-2H3. The van der Waals surface area contributed by atoms with Crippen molar-refractivity contribution >= 4 is 23.8 Å². The average Bonchev–Trinajstić information content (AvgIpc) is 3.11. The number of rotatable bonds is 7. The molecule has 1 fully saturated rings. The van der Waals surface area contributed by atoms with Gasteiger partial charge in [0.1, 0.15) is 11.5 Å². The van der Waals surface area contributed by atoms with Gasteiger partial charge >= 0.3 is 6.03 Å². The number of nitrogens with zero attached hydrogens (tertiary/aromatic N) is 4. The summed E-state index contributed by atoms with van der Waals surface area (Å²) in [4.78, 5) is 16.6. The number of hydrazone groups is 1. The van der Waals surface area contributed by atoms with Gasteiger partial charge in [-0.25, -0.2) is 9.80 Å². The maximum Gasteiger partial charge on any atom is 0.340 e. The van der Waals surface area contributed by atoms with Crippen molar-refractivity contribution < 1.29 is 9.21 Å². The third-order valence-corrected chi connectivity index (χ3v) is 4.65. The number of amides is 2. The highest BCUT2D eigenvalue weighted by atomic mass is 35.5. The number of urea groups is 1. The molecule has 0 spiro atoms. The topological polar surface area (TPSA) is 52.3 Å². The number of benzene rings is 1. The fourth-order valence-corrected chi connectivity index (χ4v) is 3.10. The number of carbonyl (C=O) groups excluding carboxylic acids is 1. The summed E-state index contributed by atoms with van der Waals surface area (Å²) in [5.41, 5.74) is 0.945. The zero-order chi connectivity index (χ0) is 19.2. The smallest absolute Gasteiger partial charge is 0.340 e. The molecule has 1 aromatic carbocycles. The largest absolute Gasteiger partial charge is 0.455 e. The Balaban J connectivity index is 1.60. The number of hydrogen-bond donors (Lipinski definition) is 0. The van der Waals surface area contributed by atoms with E-state index < -0.39 is 0 Å². The summed E-state index contributed by atoms with van der Waals surface area (Å²) < 4.78 is 5.80. The van der Waals surface area contributed by atoms with Crippen LogP contribution in [0.5, 0.6) is 0 Å². The van der Waals surface area contributed by atoms with E-state index in [9.17, 15) is 4.79 Å². The van der Waals surface area contributed by atoms with Crippen LogP contribution < -0.4 is 0 Å². The highest BCUT2D eigenvalue weighted by Gasteiger charge is 2.24. The summed E-state index contributed by atoms with van der Waals surface area (Å²) in [6.45, 7) is 3.14. The van der Waals surface area contributed by atoms with Crippen LogP contribution in [0.3, 0.4) is 0 Å². The van der Waals surface area contributed by atoms with Gasteiger partial charge in [0.15, 0.2) is 0 Å². The summed E-state index contributed by atoms with van der Waals surface area (Å²) in [5.74, 6) is 1.35. The van der Waals surface area contributed by atoms with Crippen molar-refractivity contribution in [3.05, 3.63) is 47.2 Å². The molecule has 0 atom stereocenters. The molecule has 1 aromatic heterocycles. The fraction of sp³-hybridized carbons (Fsp3) is 0.400. The molecule has 0 radical (unpaired) electrons. The predicted octanol–water partition coefficient (Wildman–Crippen LogP) is 4.01. The molecule has 1 aliphatic heterocycles. The first kappa shape index (κ1) is 19.5. The lowest BCUT2D eigenvalue weighted by Gasteiger charge is -2.32. The van der Waals surface area contributed by atoms with Crippen molar-refractivity contribution in [1.29, 1.82) is 0 Å². The van der Waals surface area contributed by atoms with Crippen LogP contribution in [0.25, 0.3) is 11.3 Å². The zero-order valence-electron chi connectivity index (χ0n) is 15.8. The maximum absolute atomic E-state index is 12.6. The summed E-state index contributed by atoms with van der Waals surface area (Å²) in [5, 5.41) is 6.54. The van der Waals surface area contributed by atoms with Gasteiger partial charge in [-0.15, -0.1) is 0 Å². The van der Waals surface area contributed by atoms with Crippen LogP contribution >= 0.6 is 11.6 Å². The molecule has 0 saturated carbocycles. The first-order chi connectivity index (χ1) is 13.0. The molecule has 7 heteroatoms. The highest BCUT2D eigenvalue weighted by molar-refractivity contribution is 6.30. The molecule has 6 nitrogen and oxygen atoms in total. The third-order valence-electron chi connectivity index (χ3n) is 4.40. The van der Waals surface area contributed by atoms with E-state index in [-0.39, 0.29) is 6.03 Å². The normalized spacial score (nSPS) is 15.3. The Bertz CT molecular complexity index is 786. The molecular weight excluding hydrogens is 364 g/mol. The van der Waals surface area contributed by atoms with Gasteiger partial charge in [-0.1, -0.05) is 11.6 Å². The van der Waals surface area contributed by atoms with Crippen LogP contribution in [0.2, 0.25) is 5.02 Å². The van der Waals surface area contributed by atoms with E-state index in [1.165, 1.54) is 5.01 Å². The lowest BCUT2D eigenvalue weighted by molar-refractivity contribution is 0.130. The van der Waals surface area contributed by atoms with Crippen LogP contribution in [0.4, 0.5) is 4.79 Å². The Kier molecular flexibility index (Phi) is 6.53. The number of furan rings is 1. The Labute approximate surface area is 165 Å². The fourth-order valence-electron chi connectivity index (χ4n) is 2.98. The van der Waals surface area contributed by atoms with Crippen molar-refractivity contribution in [2.24, 2.45) is 5.10 Å². The maximum atomic E-state index is 12.6. The summed E-state index contributed by atoms with van der Waals surface area (Å²) >= 11 is 5.92. The Morgan fingerprint density at radius 1 is 1.19 bits per heavy atom. The zero-order valence-corrected chi connectivity index (χ0v) is 16.5. The van der Waals surface area contributed by atoms with Crippen LogP contribution in [0.15, 0.2) is 45.9 Å². The second-order valence-corrected chi connectivity index (χ2v) is 7.29. The molecule has 1 saturated heterocycles. The van der Waals surface area contributed by atoms with Gasteiger partial charge in [0.2, 0.25) is 0 Å². The Hall–Kier alpha value is -2.31. The second kappa shape index (κ2) is 9.06. The van der Waals surface area contributed by atoms with Crippen LogP contribution in [0.1, 0.15) is 18.6 Å². The molecule has 1 aliphatic rings. The van der Waals surface area contributed by atoms with Gasteiger partial charge in [0.25, 0.3) is 0 Å². The monoisotopic (exact) mass is 388 g/mol. The Morgan fingerprint density at radius 3 is 2.70 bits per heavy atom. The van der Waals surface area contributed by atoms with Crippen LogP contribution in [0, 0.1) is 0 Å². The molecule has 0 aliphatic carbocycles. The van der Waals surface area contributed by atoms with E-state index >= 15 is 0 Å². The predicted molar refractivity (Wildman–Crippen MR) is 108 cm³/mol. The molecule has 2 amide bonds. The molecule has 3 rings (SSSR count). The number of hydrogen-bond acceptors (Lipinski definition) is 4. The molecular formula is C20H25ClN4O2. The molecule has 27 heavy (non-hydrogen) atoms. The molecule has 0 unspecified atom stereocenters. The van der Waals surface area contributed by atoms with Crippen molar-refractivity contribution in [3.8, 4) is 11.3 Å². The number of halogens is 1. The van der Waals surface area contributed by atoms with E-state index in [1.807, 2.05) is 55.4 Å². The third kappa shape index (κ3) is 5.34. The molecule has 2 heterocycles. The van der Waals surface area contributed by atoms with Gasteiger partial charge in [-0.3, -0.25) is 0 Å². The SMILES string of the molecule is CN(C)CCCN1CCCN(N=Cc2ccc(-c3ccc(Cl)cc3)o2)C1=O. The summed E-state index contributed by atoms with van der Waals surface area (Å²) in [7, 11) is 4.08. The van der Waals surface area contributed by atoms with Crippen molar-refractivity contribution in [2.75, 3.05) is 40.3 Å². The molecule has 0 bridgehead atoms. The van der Waals surface area contributed by atoms with E-state index in [0.29, 0.717) is 17.3 Å². The van der Waals surface area contributed by atoms with E-state index in [4.69, 9.17) is 16.0 Å². The Morgan fingerprint density at radius 2 is 1.96 bits per heavy atom. The molecule has 2 aromatic rings. The van der Waals surface area contributed by atoms with E-state index in [1.54, 1.807) is 6.21 Å². The summed E-state index contributed by atoms with van der Waals surface area (Å²) in [6, 6.07) is 11.1. The van der Waals surface area contributed by atoms with Crippen LogP contribution in [-0.2, 0) is 0 Å². The lowest BCUT2D eigenvalue weighted by atomic mass is 10.2. The first-order valence-electron chi connectivity index (χ1n) is 9.14. The van der Waals surface area contributed by atoms with Gasteiger partial charge in [-0.05, 0) is 69.9 Å². The van der Waals surface area contributed by atoms with E-state index in [0.717, 1.165) is 43.8 Å². The molecule has 144 valence electrons. The minimum atomic E-state index is -0.0410. The van der Waals surface area contributed by atoms with Gasteiger partial charge in [0, 0.05) is 30.2 Å². The van der Waals surface area contributed by atoms with Crippen LogP contribution in [-0.4, -0.2) is 67.3 Å². The lowest BCUT2D eigenvalue weighted by Crippen LogP contribution is -2.47. The second-order valence-electron chi connectivity index (χ2n) is 6.86. The minimum absolute atomic E-state index is 0.0410. The average molecular weight is 389 g/mol. The highest BCUT2D eigenvalue weighted by Crippen LogP contribution is 2.23. The van der Waals surface area contributed by atoms with Crippen molar-refractivity contribution in [2.45, 2.75) is 12.8 Å². The number of carbonyl (C=O) groups is 1. The van der Waals surface area contributed by atoms with Crippen molar-refractivity contribution in [3.63, 3.8) is 0 Å². The minimum Gasteiger partial charge on any atom is -0.455 e. The van der Waals surface area contributed by atoms with Gasteiger partial charge in [0.05, 0.1) is 6.21 Å². The van der Waals surface area contributed by atoms with Gasteiger partial charge < -0.3 is 14.2 Å². The van der Waals surface area contributed by atoms with Crippen molar-refractivity contribution in [1.82, 2.24) is 14.8 Å². The first-order valence-corrected chi connectivity index (χ1v) is 9.51. The quantitative estimate of drug-likeness (QED) is 0.673.